The molecule has 0 radical (unpaired) electrons. The number of piperidine rings is 1. The van der Waals surface area contributed by atoms with Crippen LogP contribution in [-0.4, -0.2) is 68.3 Å². The first-order valence-corrected chi connectivity index (χ1v) is 16.4. The van der Waals surface area contributed by atoms with Crippen LogP contribution in [0.3, 0.4) is 0 Å². The summed E-state index contributed by atoms with van der Waals surface area (Å²) in [6.45, 7) is 10.9. The predicted molar refractivity (Wildman–Crippen MR) is 160 cm³/mol. The monoisotopic (exact) mass is 576 g/mol. The van der Waals surface area contributed by atoms with Crippen LogP contribution >= 0.6 is 0 Å². The molecule has 1 aliphatic carbocycles. The molecule has 0 aromatic heterocycles. The predicted octanol–water partition coefficient (Wildman–Crippen LogP) is 5.79. The molecule has 2 heterocycles. The van der Waals surface area contributed by atoms with E-state index in [9.17, 15) is 14.4 Å². The summed E-state index contributed by atoms with van der Waals surface area (Å²) in [5, 5.41) is 2.97. The molecule has 234 valence electrons. The molecule has 2 amide bonds. The molecular formula is C33H56N2O6. The van der Waals surface area contributed by atoms with Crippen LogP contribution < -0.4 is 5.32 Å². The highest BCUT2D eigenvalue weighted by molar-refractivity contribution is 5.92. The summed E-state index contributed by atoms with van der Waals surface area (Å²) in [6, 6.07) is 0. The van der Waals surface area contributed by atoms with Crippen molar-refractivity contribution in [1.82, 2.24) is 10.2 Å². The van der Waals surface area contributed by atoms with Gasteiger partial charge in [-0.15, -0.1) is 0 Å². The lowest BCUT2D eigenvalue weighted by atomic mass is 9.64. The number of fused-ring (bicyclic) bond motifs is 1. The second-order valence-corrected chi connectivity index (χ2v) is 12.6. The van der Waals surface area contributed by atoms with Crippen LogP contribution in [0.2, 0.25) is 0 Å². The summed E-state index contributed by atoms with van der Waals surface area (Å²) >= 11 is 0. The minimum absolute atomic E-state index is 0.0543. The van der Waals surface area contributed by atoms with Gasteiger partial charge >= 0.3 is 5.97 Å². The van der Waals surface area contributed by atoms with Gasteiger partial charge in [0.2, 0.25) is 11.8 Å². The van der Waals surface area contributed by atoms with Crippen molar-refractivity contribution < 1.29 is 28.6 Å². The zero-order valence-electron chi connectivity index (χ0n) is 26.4. The van der Waals surface area contributed by atoms with Crippen molar-refractivity contribution in [2.24, 2.45) is 23.2 Å². The molecule has 0 spiro atoms. The van der Waals surface area contributed by atoms with E-state index in [-0.39, 0.29) is 54.7 Å². The highest BCUT2D eigenvalue weighted by Gasteiger charge is 2.63. The summed E-state index contributed by atoms with van der Waals surface area (Å²) in [5.74, 6) is -0.708. The number of unbranched alkanes of at least 4 members (excludes halogenated alkanes) is 6. The molecule has 2 aliphatic heterocycles. The summed E-state index contributed by atoms with van der Waals surface area (Å²) in [4.78, 5) is 42.8. The minimum Gasteiger partial charge on any atom is -0.468 e. The Morgan fingerprint density at radius 3 is 2.39 bits per heavy atom. The number of likely N-dealkylation sites (tertiary alicyclic amines) is 1. The van der Waals surface area contributed by atoms with Crippen molar-refractivity contribution in [3.05, 3.63) is 11.8 Å². The number of carbonyl (C=O) groups is 3. The van der Waals surface area contributed by atoms with E-state index in [4.69, 9.17) is 14.2 Å². The first-order chi connectivity index (χ1) is 19.8. The van der Waals surface area contributed by atoms with Crippen molar-refractivity contribution in [3.8, 4) is 0 Å². The fourth-order valence-corrected chi connectivity index (χ4v) is 6.38. The third kappa shape index (κ3) is 8.79. The van der Waals surface area contributed by atoms with E-state index >= 15 is 0 Å². The maximum absolute atomic E-state index is 14.1. The lowest BCUT2D eigenvalue weighted by Crippen LogP contribution is -2.62. The average molecular weight is 577 g/mol. The number of hydrogen-bond acceptors (Lipinski definition) is 6. The second kappa shape index (κ2) is 16.6. The smallest absolute Gasteiger partial charge is 0.320 e. The fraction of sp³-hybridized carbons (Fsp3) is 0.848. The van der Waals surface area contributed by atoms with Crippen LogP contribution in [0.4, 0.5) is 0 Å². The molecule has 1 saturated carbocycles. The maximum atomic E-state index is 14.1. The van der Waals surface area contributed by atoms with Gasteiger partial charge in [-0.1, -0.05) is 66.2 Å². The minimum atomic E-state index is -1.07. The molecule has 8 nitrogen and oxygen atoms in total. The highest BCUT2D eigenvalue weighted by Crippen LogP contribution is 2.56. The van der Waals surface area contributed by atoms with Crippen molar-refractivity contribution in [3.63, 3.8) is 0 Å². The van der Waals surface area contributed by atoms with Gasteiger partial charge in [-0.05, 0) is 56.4 Å². The lowest BCUT2D eigenvalue weighted by Gasteiger charge is -2.53. The summed E-state index contributed by atoms with van der Waals surface area (Å²) in [5.41, 5.74) is -0.319. The Kier molecular flexibility index (Phi) is 13.6. The SMILES string of the molecule is CCCCCCCCN1C(=O)[C@@H](CC(=O)NCCCOCCCC)C[C@@]2(C(=O)OC)C1=C[C@H](C(C)C)O[C@@H]2C1CC1. The third-order valence-corrected chi connectivity index (χ3v) is 8.90. The van der Waals surface area contributed by atoms with E-state index in [0.717, 1.165) is 63.7 Å². The van der Waals surface area contributed by atoms with E-state index in [2.05, 4.69) is 33.0 Å². The van der Waals surface area contributed by atoms with E-state index in [0.29, 0.717) is 19.7 Å². The van der Waals surface area contributed by atoms with Crippen LogP contribution in [0.25, 0.3) is 0 Å². The van der Waals surface area contributed by atoms with Crippen molar-refractivity contribution in [2.75, 3.05) is 33.4 Å². The lowest BCUT2D eigenvalue weighted by molar-refractivity contribution is -0.182. The maximum Gasteiger partial charge on any atom is 0.320 e. The Morgan fingerprint density at radius 1 is 1.05 bits per heavy atom. The number of nitrogens with zero attached hydrogens (tertiary/aromatic N) is 1. The van der Waals surface area contributed by atoms with Crippen LogP contribution in [0, 0.1) is 23.2 Å². The van der Waals surface area contributed by atoms with E-state index in [1.807, 2.05) is 11.0 Å². The Morgan fingerprint density at radius 2 is 1.73 bits per heavy atom. The van der Waals surface area contributed by atoms with Gasteiger partial charge in [-0.25, -0.2) is 0 Å². The Balaban J connectivity index is 1.81. The molecular weight excluding hydrogens is 520 g/mol. The third-order valence-electron chi connectivity index (χ3n) is 8.90. The molecule has 1 N–H and O–H groups in total. The number of rotatable bonds is 19. The fourth-order valence-electron chi connectivity index (χ4n) is 6.38. The Bertz CT molecular complexity index is 885. The normalized spacial score (nSPS) is 26.1. The molecule has 3 rings (SSSR count). The number of nitrogens with one attached hydrogen (secondary N) is 1. The van der Waals surface area contributed by atoms with Gasteiger partial charge in [0.1, 0.15) is 5.41 Å². The number of amides is 2. The number of methoxy groups -OCH3 is 1. The quantitative estimate of drug-likeness (QED) is 0.155. The molecule has 1 saturated heterocycles. The highest BCUT2D eigenvalue weighted by atomic mass is 16.5. The molecule has 3 aliphatic rings. The molecule has 8 heteroatoms. The first kappa shape index (κ1) is 33.6. The largest absolute Gasteiger partial charge is 0.468 e. The molecule has 0 unspecified atom stereocenters. The number of hydrogen-bond donors (Lipinski definition) is 1. The van der Waals surface area contributed by atoms with Gasteiger partial charge in [0, 0.05) is 44.3 Å². The van der Waals surface area contributed by atoms with Gasteiger partial charge in [0.05, 0.1) is 19.3 Å². The van der Waals surface area contributed by atoms with Crippen LogP contribution in [0.5, 0.6) is 0 Å². The summed E-state index contributed by atoms with van der Waals surface area (Å²) in [6.07, 6.45) is 13.3. The number of ether oxygens (including phenoxy) is 3. The molecule has 0 aromatic rings. The molecule has 41 heavy (non-hydrogen) atoms. The van der Waals surface area contributed by atoms with Gasteiger partial charge in [-0.3, -0.25) is 14.4 Å². The van der Waals surface area contributed by atoms with Crippen molar-refractivity contribution in [1.29, 1.82) is 0 Å². The summed E-state index contributed by atoms with van der Waals surface area (Å²) in [7, 11) is 1.42. The van der Waals surface area contributed by atoms with Gasteiger partial charge in [0.15, 0.2) is 0 Å². The van der Waals surface area contributed by atoms with E-state index in [1.165, 1.54) is 26.4 Å². The first-order valence-electron chi connectivity index (χ1n) is 16.4. The second-order valence-electron chi connectivity index (χ2n) is 12.6. The Hall–Kier alpha value is -1.93. The van der Waals surface area contributed by atoms with Crippen LogP contribution in [-0.2, 0) is 28.6 Å². The van der Waals surface area contributed by atoms with Crippen LogP contribution in [0.15, 0.2) is 11.8 Å². The average Bonchev–Trinajstić information content (AvgIpc) is 3.80. The van der Waals surface area contributed by atoms with Gasteiger partial charge in [0.25, 0.3) is 0 Å². The van der Waals surface area contributed by atoms with Crippen molar-refractivity contribution >= 4 is 17.8 Å². The van der Waals surface area contributed by atoms with Gasteiger partial charge < -0.3 is 24.4 Å². The molecule has 0 aromatic carbocycles. The molecule has 0 bridgehead atoms. The Labute approximate surface area is 248 Å². The zero-order chi connectivity index (χ0) is 29.8. The molecule has 2 fully saturated rings. The van der Waals surface area contributed by atoms with Crippen LogP contribution in [0.1, 0.15) is 111 Å². The topological polar surface area (TPSA) is 94.2 Å². The number of carbonyl (C=O) groups excluding carboxylic acids is 3. The zero-order valence-corrected chi connectivity index (χ0v) is 26.4. The van der Waals surface area contributed by atoms with E-state index in [1.54, 1.807) is 0 Å². The molecule has 4 atom stereocenters. The number of esters is 1. The standard InChI is InChI=1S/C33H56N2O6/c1-6-8-10-11-12-13-18-35-28-22-27(24(3)4)41-30(25-15-16-25)33(28,32(38)39-5)23-26(31(35)37)21-29(36)34-17-14-20-40-19-9-7-2/h22,24-27,30H,6-21,23H2,1-5H3,(H,34,36)/t26-,27+,30+,33+/m0/s1. The summed E-state index contributed by atoms with van der Waals surface area (Å²) < 4.78 is 17.7. The van der Waals surface area contributed by atoms with E-state index < -0.39 is 11.3 Å². The van der Waals surface area contributed by atoms with Gasteiger partial charge in [-0.2, -0.15) is 0 Å². The van der Waals surface area contributed by atoms with Crippen molar-refractivity contribution in [2.45, 2.75) is 123 Å².